The SMILES string of the molecule is CCNOS(=O)(=O)CCCN1C(=Cc2oc3ccc(-c4ccccc4)cc3[n+]2CCCS(=O)(=O)O)Oc2ccc(-c3ccccc3)cc21. The van der Waals surface area contributed by atoms with Crippen molar-refractivity contribution in [1.29, 1.82) is 0 Å². The number of ether oxygens (including phenoxy) is 1. The van der Waals surface area contributed by atoms with E-state index in [-0.39, 0.29) is 31.7 Å². The lowest BCUT2D eigenvalue weighted by Gasteiger charge is -2.18. The Kier molecular flexibility index (Phi) is 9.94. The second kappa shape index (κ2) is 14.3. The summed E-state index contributed by atoms with van der Waals surface area (Å²) in [4.78, 5) is 1.90. The number of aryl methyl sites for hydroxylation is 1. The quantitative estimate of drug-likeness (QED) is 0.0836. The van der Waals surface area contributed by atoms with Crippen LogP contribution >= 0.6 is 0 Å². The average Bonchev–Trinajstić information content (AvgIpc) is 3.60. The van der Waals surface area contributed by atoms with E-state index in [0.29, 0.717) is 29.7 Å². The van der Waals surface area contributed by atoms with Gasteiger partial charge in [0.2, 0.25) is 11.5 Å². The molecule has 0 unspecified atom stereocenters. The van der Waals surface area contributed by atoms with Crippen molar-refractivity contribution in [2.45, 2.75) is 26.3 Å². The van der Waals surface area contributed by atoms with Gasteiger partial charge in [-0.1, -0.05) is 79.7 Å². The van der Waals surface area contributed by atoms with Crippen LogP contribution in [0.4, 0.5) is 5.69 Å². The first-order chi connectivity index (χ1) is 23.1. The molecule has 0 spiro atoms. The minimum atomic E-state index is -4.17. The van der Waals surface area contributed by atoms with E-state index in [1.54, 1.807) is 13.0 Å². The highest BCUT2D eigenvalue weighted by molar-refractivity contribution is 7.86. The lowest BCUT2D eigenvalue weighted by atomic mass is 10.0. The molecule has 0 radical (unpaired) electrons. The molecule has 1 aliphatic heterocycles. The molecule has 0 fully saturated rings. The molecule has 6 rings (SSSR count). The number of benzene rings is 4. The molecule has 0 saturated heterocycles. The van der Waals surface area contributed by atoms with Gasteiger partial charge in [-0.05, 0) is 46.9 Å². The number of hydroxylamine groups is 1. The number of rotatable bonds is 14. The highest BCUT2D eigenvalue weighted by atomic mass is 32.2. The molecule has 0 aliphatic carbocycles. The van der Waals surface area contributed by atoms with E-state index in [1.807, 2.05) is 107 Å². The third-order valence-corrected chi connectivity index (χ3v) is 9.78. The van der Waals surface area contributed by atoms with Crippen molar-refractivity contribution < 1.29 is 39.4 Å². The van der Waals surface area contributed by atoms with E-state index in [0.717, 1.165) is 33.5 Å². The molecule has 0 saturated carbocycles. The van der Waals surface area contributed by atoms with Crippen LogP contribution in [0.1, 0.15) is 25.7 Å². The Hall–Kier alpha value is -4.53. The molecule has 5 aromatic rings. The normalized spacial score (nSPS) is 14.0. The van der Waals surface area contributed by atoms with Gasteiger partial charge in [0.25, 0.3) is 25.8 Å². The Morgan fingerprint density at radius 2 is 1.50 bits per heavy atom. The van der Waals surface area contributed by atoms with E-state index in [1.165, 1.54) is 0 Å². The lowest BCUT2D eigenvalue weighted by molar-refractivity contribution is -0.677. The van der Waals surface area contributed by atoms with Crippen molar-refractivity contribution >= 4 is 43.1 Å². The third-order valence-electron chi connectivity index (χ3n) is 7.81. The molecular formula is C35H36N3O8S2+. The van der Waals surface area contributed by atoms with Gasteiger partial charge in [-0.3, -0.25) is 4.55 Å². The molecular weight excluding hydrogens is 655 g/mol. The van der Waals surface area contributed by atoms with Crippen LogP contribution < -0.4 is 19.7 Å². The maximum atomic E-state index is 12.4. The van der Waals surface area contributed by atoms with Gasteiger partial charge in [0.05, 0.1) is 17.2 Å². The second-order valence-electron chi connectivity index (χ2n) is 11.3. The first kappa shape index (κ1) is 33.4. The van der Waals surface area contributed by atoms with Gasteiger partial charge < -0.3 is 14.1 Å². The molecule has 0 amide bonds. The van der Waals surface area contributed by atoms with Gasteiger partial charge in [0, 0.05) is 25.6 Å². The van der Waals surface area contributed by atoms with Crippen LogP contribution in [0.25, 0.3) is 39.4 Å². The summed E-state index contributed by atoms with van der Waals surface area (Å²) in [6.07, 6.45) is 2.10. The predicted molar refractivity (Wildman–Crippen MR) is 184 cm³/mol. The summed E-state index contributed by atoms with van der Waals surface area (Å²) in [6.45, 7) is 2.60. The highest BCUT2D eigenvalue weighted by Gasteiger charge is 2.31. The van der Waals surface area contributed by atoms with Crippen LogP contribution in [0.2, 0.25) is 0 Å². The minimum absolute atomic E-state index is 0.138. The molecule has 4 aromatic carbocycles. The number of nitrogens with one attached hydrogen (secondary N) is 1. The fourth-order valence-electron chi connectivity index (χ4n) is 5.60. The Balaban J connectivity index is 1.40. The van der Waals surface area contributed by atoms with E-state index < -0.39 is 26.0 Å². The van der Waals surface area contributed by atoms with Crippen LogP contribution in [0.15, 0.2) is 107 Å². The van der Waals surface area contributed by atoms with Crippen molar-refractivity contribution in [3.8, 4) is 28.0 Å². The first-order valence-corrected chi connectivity index (χ1v) is 18.8. The fourth-order valence-corrected chi connectivity index (χ4v) is 6.96. The van der Waals surface area contributed by atoms with Gasteiger partial charge in [0.15, 0.2) is 12.3 Å². The molecule has 0 atom stereocenters. The summed E-state index contributed by atoms with van der Waals surface area (Å²) in [5.74, 6) is 0.754. The Labute approximate surface area is 279 Å². The maximum absolute atomic E-state index is 12.4. The van der Waals surface area contributed by atoms with Crippen LogP contribution in [-0.2, 0) is 31.1 Å². The molecule has 13 heteroatoms. The average molecular weight is 691 g/mol. The largest absolute Gasteiger partial charge is 0.438 e. The fraction of sp³-hybridized carbons (Fsp3) is 0.229. The summed E-state index contributed by atoms with van der Waals surface area (Å²) in [7, 11) is -7.98. The van der Waals surface area contributed by atoms with Crippen LogP contribution in [0, 0.1) is 0 Å². The van der Waals surface area contributed by atoms with Gasteiger partial charge >= 0.3 is 5.89 Å². The zero-order valence-electron chi connectivity index (χ0n) is 26.3. The zero-order chi connectivity index (χ0) is 33.7. The first-order valence-electron chi connectivity index (χ1n) is 15.6. The van der Waals surface area contributed by atoms with Crippen molar-refractivity contribution in [3.63, 3.8) is 0 Å². The monoisotopic (exact) mass is 690 g/mol. The van der Waals surface area contributed by atoms with Gasteiger partial charge in [0.1, 0.15) is 6.08 Å². The summed E-state index contributed by atoms with van der Waals surface area (Å²) < 4.78 is 76.8. The Bertz CT molecular complexity index is 2150. The van der Waals surface area contributed by atoms with E-state index in [9.17, 15) is 21.4 Å². The van der Waals surface area contributed by atoms with E-state index >= 15 is 0 Å². The maximum Gasteiger partial charge on any atom is 0.379 e. The lowest BCUT2D eigenvalue weighted by Crippen LogP contribution is -2.36. The molecule has 2 N–H and O–H groups in total. The minimum Gasteiger partial charge on any atom is -0.438 e. The van der Waals surface area contributed by atoms with Crippen molar-refractivity contribution in [1.82, 2.24) is 5.48 Å². The Morgan fingerprint density at radius 1 is 0.833 bits per heavy atom. The van der Waals surface area contributed by atoms with Crippen molar-refractivity contribution in [2.75, 3.05) is 29.5 Å². The van der Waals surface area contributed by atoms with Gasteiger partial charge in [-0.25, -0.2) is 0 Å². The number of fused-ring (bicyclic) bond motifs is 2. The smallest absolute Gasteiger partial charge is 0.379 e. The standard InChI is InChI=1S/C35H35N3O8S2/c1-2-36-46-48(42,43)22-10-20-38-31-24-29(27-13-7-4-8-14-27)16-18-33(31)45-35(38)25-34-37(19-9-21-47(39,40)41)30-23-28(15-17-32(30)44-34)26-11-5-3-6-12-26/h3-8,11-18,23-25,36H,2,9-10,19-22H2,1H3/p+1. The van der Waals surface area contributed by atoms with E-state index in [2.05, 4.69) is 5.48 Å². The topological polar surface area (TPSA) is 139 Å². The highest BCUT2D eigenvalue weighted by Crippen LogP contribution is 2.42. The predicted octanol–water partition coefficient (Wildman–Crippen LogP) is 5.79. The molecule has 1 aliphatic rings. The summed E-state index contributed by atoms with van der Waals surface area (Å²) in [5.41, 5.74) is 8.41. The number of anilines is 1. The number of hydrogen-bond donors (Lipinski definition) is 2. The molecule has 0 bridgehead atoms. The molecule has 250 valence electrons. The van der Waals surface area contributed by atoms with Gasteiger partial charge in [-0.15, -0.1) is 0 Å². The van der Waals surface area contributed by atoms with Crippen LogP contribution in [0.3, 0.4) is 0 Å². The summed E-state index contributed by atoms with van der Waals surface area (Å²) >= 11 is 0. The number of aromatic nitrogens is 1. The van der Waals surface area contributed by atoms with Crippen LogP contribution in [-0.4, -0.2) is 46.0 Å². The molecule has 11 nitrogen and oxygen atoms in total. The zero-order valence-corrected chi connectivity index (χ0v) is 27.9. The van der Waals surface area contributed by atoms with Crippen molar-refractivity contribution in [2.24, 2.45) is 0 Å². The number of nitrogens with zero attached hydrogens (tertiary/aromatic N) is 2. The number of hydrogen-bond acceptors (Lipinski definition) is 9. The van der Waals surface area contributed by atoms with E-state index in [4.69, 9.17) is 13.4 Å². The van der Waals surface area contributed by atoms with Crippen molar-refractivity contribution in [3.05, 3.63) is 109 Å². The van der Waals surface area contributed by atoms with Gasteiger partial charge in [-0.2, -0.15) is 31.2 Å². The second-order valence-corrected chi connectivity index (χ2v) is 14.5. The number of oxazole rings is 1. The summed E-state index contributed by atoms with van der Waals surface area (Å²) in [5, 5.41) is 0. The third kappa shape index (κ3) is 7.94. The summed E-state index contributed by atoms with van der Waals surface area (Å²) in [6, 6.07) is 31.4. The Morgan fingerprint density at radius 3 is 2.17 bits per heavy atom. The molecule has 48 heavy (non-hydrogen) atoms. The van der Waals surface area contributed by atoms with Crippen LogP contribution in [0.5, 0.6) is 5.75 Å². The molecule has 1 aromatic heterocycles. The molecule has 2 heterocycles.